The molecule has 2 amide bonds. The molecule has 31 heavy (non-hydrogen) atoms. The molecule has 3 aromatic carbocycles. The van der Waals surface area contributed by atoms with E-state index in [-0.39, 0.29) is 17.6 Å². The Hall–Kier alpha value is -3.31. The highest BCUT2D eigenvalue weighted by Crippen LogP contribution is 2.28. The average molecular weight is 416 g/mol. The molecular weight excluding hydrogens is 391 g/mol. The van der Waals surface area contributed by atoms with Crippen LogP contribution in [0.1, 0.15) is 44.2 Å². The standard InChI is InChI=1S/C17H18FN.C9H7NO2/c18-17-8-6-15(7-9-17)16-10-11-19(13-16)12-14-4-2-1-3-5-14;1-10-8(11)6-4-2-3-5-7(6)9(10)12/h1-9,16H,10-13H2;2-5H,1H3. The smallest absolute Gasteiger partial charge is 0.261 e. The first-order valence-electron chi connectivity index (χ1n) is 10.5. The van der Waals surface area contributed by atoms with Gasteiger partial charge in [0.05, 0.1) is 11.1 Å². The molecule has 1 saturated heterocycles. The minimum absolute atomic E-state index is 0.150. The topological polar surface area (TPSA) is 40.6 Å². The van der Waals surface area contributed by atoms with Gasteiger partial charge in [0.15, 0.2) is 0 Å². The minimum Gasteiger partial charge on any atom is -0.298 e. The van der Waals surface area contributed by atoms with Crippen molar-refractivity contribution in [3.05, 3.63) is 107 Å². The van der Waals surface area contributed by atoms with Gasteiger partial charge < -0.3 is 0 Å². The third-order valence-electron chi connectivity index (χ3n) is 5.86. The molecule has 0 bridgehead atoms. The van der Waals surface area contributed by atoms with Crippen LogP contribution in [-0.2, 0) is 6.54 Å². The van der Waals surface area contributed by atoms with Crippen molar-refractivity contribution in [1.82, 2.24) is 9.80 Å². The number of likely N-dealkylation sites (tertiary alicyclic amines) is 1. The first-order valence-corrected chi connectivity index (χ1v) is 10.5. The van der Waals surface area contributed by atoms with E-state index >= 15 is 0 Å². The van der Waals surface area contributed by atoms with Crippen molar-refractivity contribution >= 4 is 11.8 Å². The Morgan fingerprint density at radius 3 is 2.03 bits per heavy atom. The lowest BCUT2D eigenvalue weighted by molar-refractivity contribution is 0.0693. The van der Waals surface area contributed by atoms with Crippen LogP contribution in [0.25, 0.3) is 0 Å². The summed E-state index contributed by atoms with van der Waals surface area (Å²) >= 11 is 0. The molecule has 3 aromatic rings. The number of hydrogen-bond donors (Lipinski definition) is 0. The second kappa shape index (κ2) is 9.23. The summed E-state index contributed by atoms with van der Waals surface area (Å²) in [5, 5.41) is 0. The summed E-state index contributed by atoms with van der Waals surface area (Å²) < 4.78 is 12.9. The molecule has 0 aliphatic carbocycles. The monoisotopic (exact) mass is 416 g/mol. The van der Waals surface area contributed by atoms with Crippen molar-refractivity contribution in [3.63, 3.8) is 0 Å². The van der Waals surface area contributed by atoms with Gasteiger partial charge in [-0.15, -0.1) is 0 Å². The molecule has 0 aromatic heterocycles. The normalized spacial score (nSPS) is 18.0. The molecule has 0 N–H and O–H groups in total. The van der Waals surface area contributed by atoms with Crippen molar-refractivity contribution < 1.29 is 14.0 Å². The highest BCUT2D eigenvalue weighted by Gasteiger charge is 2.31. The molecule has 5 heteroatoms. The van der Waals surface area contributed by atoms with Gasteiger partial charge in [0.25, 0.3) is 11.8 Å². The molecule has 1 atom stereocenters. The predicted octanol–water partition coefficient (Wildman–Crippen LogP) is 4.73. The number of nitrogens with zero attached hydrogens (tertiary/aromatic N) is 2. The van der Waals surface area contributed by atoms with Crippen molar-refractivity contribution in [2.24, 2.45) is 0 Å². The Labute approximate surface area is 181 Å². The molecule has 0 saturated carbocycles. The van der Waals surface area contributed by atoms with Crippen LogP contribution in [0.15, 0.2) is 78.9 Å². The van der Waals surface area contributed by atoms with Crippen LogP contribution in [0.4, 0.5) is 4.39 Å². The van der Waals surface area contributed by atoms with E-state index in [0.717, 1.165) is 24.5 Å². The van der Waals surface area contributed by atoms with Crippen molar-refractivity contribution in [2.75, 3.05) is 20.1 Å². The average Bonchev–Trinajstić information content (AvgIpc) is 3.35. The van der Waals surface area contributed by atoms with Crippen molar-refractivity contribution in [3.8, 4) is 0 Å². The van der Waals surface area contributed by atoms with E-state index in [9.17, 15) is 14.0 Å². The maximum absolute atomic E-state index is 12.9. The van der Waals surface area contributed by atoms with Crippen LogP contribution in [-0.4, -0.2) is 41.8 Å². The minimum atomic E-state index is -0.212. The van der Waals surface area contributed by atoms with Crippen LogP contribution >= 0.6 is 0 Å². The summed E-state index contributed by atoms with van der Waals surface area (Å²) in [5.41, 5.74) is 3.63. The number of rotatable bonds is 3. The van der Waals surface area contributed by atoms with Gasteiger partial charge in [-0.2, -0.15) is 0 Å². The SMILES string of the molecule is CN1C(=O)c2ccccc2C1=O.Fc1ccc(C2CCN(Cc3ccccc3)C2)cc1. The van der Waals surface area contributed by atoms with Gasteiger partial charge in [0, 0.05) is 20.1 Å². The van der Waals surface area contributed by atoms with E-state index in [2.05, 4.69) is 35.2 Å². The molecule has 2 aliphatic rings. The number of carbonyl (C=O) groups excluding carboxylic acids is 2. The number of amides is 2. The highest BCUT2D eigenvalue weighted by molar-refractivity contribution is 6.21. The Balaban J connectivity index is 0.000000166. The first-order chi connectivity index (χ1) is 15.0. The Kier molecular flexibility index (Phi) is 6.23. The molecule has 1 fully saturated rings. The van der Waals surface area contributed by atoms with E-state index in [1.165, 1.54) is 24.6 Å². The maximum Gasteiger partial charge on any atom is 0.261 e. The van der Waals surface area contributed by atoms with Gasteiger partial charge in [-0.25, -0.2) is 4.39 Å². The zero-order valence-corrected chi connectivity index (χ0v) is 17.5. The lowest BCUT2D eigenvalue weighted by Crippen LogP contribution is -2.24. The molecule has 2 heterocycles. The zero-order valence-electron chi connectivity index (χ0n) is 17.5. The van der Waals surface area contributed by atoms with Gasteiger partial charge in [-0.3, -0.25) is 19.4 Å². The Bertz CT molecular complexity index is 1030. The van der Waals surface area contributed by atoms with E-state index in [1.54, 1.807) is 36.4 Å². The molecular formula is C26H25FN2O2. The van der Waals surface area contributed by atoms with Gasteiger partial charge in [0.1, 0.15) is 5.82 Å². The second-order valence-electron chi connectivity index (χ2n) is 7.97. The zero-order chi connectivity index (χ0) is 21.8. The van der Waals surface area contributed by atoms with Crippen LogP contribution < -0.4 is 0 Å². The van der Waals surface area contributed by atoms with Gasteiger partial charge in [-0.1, -0.05) is 54.6 Å². The number of imide groups is 1. The maximum atomic E-state index is 12.9. The first kappa shape index (κ1) is 20.9. The summed E-state index contributed by atoms with van der Waals surface area (Å²) in [6.07, 6.45) is 1.17. The predicted molar refractivity (Wildman–Crippen MR) is 118 cm³/mol. The summed E-state index contributed by atoms with van der Waals surface area (Å²) in [6, 6.07) is 24.4. The third kappa shape index (κ3) is 4.72. The molecule has 158 valence electrons. The Morgan fingerprint density at radius 1 is 0.839 bits per heavy atom. The number of benzene rings is 3. The van der Waals surface area contributed by atoms with Gasteiger partial charge in [-0.05, 0) is 54.3 Å². The molecule has 0 spiro atoms. The fraction of sp³-hybridized carbons (Fsp3) is 0.231. The fourth-order valence-corrected chi connectivity index (χ4v) is 4.13. The van der Waals surface area contributed by atoms with Crippen molar-refractivity contribution in [2.45, 2.75) is 18.9 Å². The summed E-state index contributed by atoms with van der Waals surface area (Å²) in [5.74, 6) is -0.0293. The summed E-state index contributed by atoms with van der Waals surface area (Å²) in [6.45, 7) is 3.20. The van der Waals surface area contributed by atoms with E-state index in [4.69, 9.17) is 0 Å². The summed E-state index contributed by atoms with van der Waals surface area (Å²) in [7, 11) is 1.49. The number of halogens is 1. The second-order valence-corrected chi connectivity index (χ2v) is 7.97. The quantitative estimate of drug-likeness (QED) is 0.580. The molecule has 1 unspecified atom stereocenters. The van der Waals surface area contributed by atoms with Crippen LogP contribution in [0.2, 0.25) is 0 Å². The van der Waals surface area contributed by atoms with Gasteiger partial charge >= 0.3 is 0 Å². The van der Waals surface area contributed by atoms with Crippen molar-refractivity contribution in [1.29, 1.82) is 0 Å². The lowest BCUT2D eigenvalue weighted by Gasteiger charge is -2.16. The van der Waals surface area contributed by atoms with E-state index in [0.29, 0.717) is 17.0 Å². The number of hydrogen-bond acceptors (Lipinski definition) is 3. The van der Waals surface area contributed by atoms with Crippen LogP contribution in [0, 0.1) is 5.82 Å². The molecule has 5 rings (SSSR count). The molecule has 2 aliphatic heterocycles. The van der Waals surface area contributed by atoms with E-state index in [1.807, 2.05) is 12.1 Å². The number of fused-ring (bicyclic) bond motifs is 1. The molecule has 4 nitrogen and oxygen atoms in total. The summed E-state index contributed by atoms with van der Waals surface area (Å²) in [4.78, 5) is 26.2. The van der Waals surface area contributed by atoms with Crippen LogP contribution in [0.5, 0.6) is 0 Å². The fourth-order valence-electron chi connectivity index (χ4n) is 4.13. The van der Waals surface area contributed by atoms with Crippen LogP contribution in [0.3, 0.4) is 0 Å². The lowest BCUT2D eigenvalue weighted by atomic mass is 9.99. The highest BCUT2D eigenvalue weighted by atomic mass is 19.1. The number of carbonyl (C=O) groups is 2. The van der Waals surface area contributed by atoms with Gasteiger partial charge in [0.2, 0.25) is 0 Å². The Morgan fingerprint density at radius 2 is 1.42 bits per heavy atom. The molecule has 0 radical (unpaired) electrons. The van der Waals surface area contributed by atoms with E-state index < -0.39 is 0 Å². The third-order valence-corrected chi connectivity index (χ3v) is 5.86. The largest absolute Gasteiger partial charge is 0.298 e.